The van der Waals surface area contributed by atoms with Gasteiger partial charge < -0.3 is 10.1 Å². The molecule has 3 nitrogen and oxygen atoms in total. The standard InChI is InChI=1S/C15H22N2O/c1-18-14-4-3-13(11-16-14)12-5-8-15(9-6-12)7-2-10-17-15/h3-4,11-12,17H,2,5-10H2,1H3. The lowest BCUT2D eigenvalue weighted by Gasteiger charge is -2.37. The van der Waals surface area contributed by atoms with E-state index in [0.717, 1.165) is 0 Å². The van der Waals surface area contributed by atoms with Crippen molar-refractivity contribution in [3.8, 4) is 5.88 Å². The molecule has 3 rings (SSSR count). The number of hydrogen-bond acceptors (Lipinski definition) is 3. The first kappa shape index (κ1) is 12.0. The lowest BCUT2D eigenvalue weighted by Crippen LogP contribution is -2.42. The molecule has 1 aliphatic heterocycles. The van der Waals surface area contributed by atoms with E-state index < -0.39 is 0 Å². The van der Waals surface area contributed by atoms with Crippen LogP contribution in [0.3, 0.4) is 0 Å². The van der Waals surface area contributed by atoms with Crippen LogP contribution >= 0.6 is 0 Å². The largest absolute Gasteiger partial charge is 0.481 e. The molecular weight excluding hydrogens is 224 g/mol. The summed E-state index contributed by atoms with van der Waals surface area (Å²) in [5.74, 6) is 1.40. The van der Waals surface area contributed by atoms with E-state index in [4.69, 9.17) is 4.74 Å². The van der Waals surface area contributed by atoms with Gasteiger partial charge in [-0.2, -0.15) is 0 Å². The van der Waals surface area contributed by atoms with Gasteiger partial charge in [0.1, 0.15) is 0 Å². The summed E-state index contributed by atoms with van der Waals surface area (Å²) in [6.45, 7) is 1.22. The van der Waals surface area contributed by atoms with Gasteiger partial charge in [0.05, 0.1) is 7.11 Å². The van der Waals surface area contributed by atoms with E-state index in [1.807, 2.05) is 12.3 Å². The van der Waals surface area contributed by atoms with Gasteiger partial charge in [-0.25, -0.2) is 4.98 Å². The van der Waals surface area contributed by atoms with Crippen molar-refractivity contribution in [1.29, 1.82) is 0 Å². The summed E-state index contributed by atoms with van der Waals surface area (Å²) >= 11 is 0. The van der Waals surface area contributed by atoms with Gasteiger partial charge in [0.2, 0.25) is 5.88 Å². The first-order valence-corrected chi connectivity index (χ1v) is 7.06. The first-order valence-electron chi connectivity index (χ1n) is 7.06. The van der Waals surface area contributed by atoms with Crippen molar-refractivity contribution < 1.29 is 4.74 Å². The Labute approximate surface area is 109 Å². The fourth-order valence-electron chi connectivity index (χ4n) is 3.55. The average Bonchev–Trinajstić information content (AvgIpc) is 2.88. The van der Waals surface area contributed by atoms with Crippen molar-refractivity contribution in [2.24, 2.45) is 0 Å². The second-order valence-corrected chi connectivity index (χ2v) is 5.72. The highest BCUT2D eigenvalue weighted by molar-refractivity contribution is 5.22. The number of nitrogens with one attached hydrogen (secondary N) is 1. The van der Waals surface area contributed by atoms with E-state index in [1.54, 1.807) is 7.11 Å². The van der Waals surface area contributed by atoms with E-state index in [0.29, 0.717) is 17.3 Å². The van der Waals surface area contributed by atoms with Crippen LogP contribution in [-0.4, -0.2) is 24.2 Å². The molecule has 0 radical (unpaired) electrons. The Morgan fingerprint density at radius 1 is 1.28 bits per heavy atom. The van der Waals surface area contributed by atoms with Crippen molar-refractivity contribution in [3.05, 3.63) is 23.9 Å². The molecule has 1 saturated carbocycles. The molecule has 1 aliphatic carbocycles. The van der Waals surface area contributed by atoms with E-state index in [-0.39, 0.29) is 0 Å². The van der Waals surface area contributed by atoms with Crippen molar-refractivity contribution in [1.82, 2.24) is 10.3 Å². The van der Waals surface area contributed by atoms with Gasteiger partial charge in [0, 0.05) is 17.8 Å². The Morgan fingerprint density at radius 3 is 2.67 bits per heavy atom. The van der Waals surface area contributed by atoms with Crippen molar-refractivity contribution in [3.63, 3.8) is 0 Å². The summed E-state index contributed by atoms with van der Waals surface area (Å²) in [4.78, 5) is 4.32. The molecule has 1 N–H and O–H groups in total. The highest BCUT2D eigenvalue weighted by Gasteiger charge is 2.37. The topological polar surface area (TPSA) is 34.1 Å². The van der Waals surface area contributed by atoms with E-state index in [2.05, 4.69) is 16.4 Å². The van der Waals surface area contributed by atoms with Gasteiger partial charge in [-0.05, 0) is 56.6 Å². The molecule has 0 aromatic carbocycles. The van der Waals surface area contributed by atoms with Gasteiger partial charge in [-0.15, -0.1) is 0 Å². The van der Waals surface area contributed by atoms with Crippen molar-refractivity contribution in [2.75, 3.05) is 13.7 Å². The number of nitrogens with zero attached hydrogens (tertiary/aromatic N) is 1. The fourth-order valence-corrected chi connectivity index (χ4v) is 3.55. The Kier molecular flexibility index (Phi) is 3.25. The van der Waals surface area contributed by atoms with Crippen LogP contribution in [0.15, 0.2) is 18.3 Å². The monoisotopic (exact) mass is 246 g/mol. The summed E-state index contributed by atoms with van der Waals surface area (Å²) in [7, 11) is 1.66. The maximum atomic E-state index is 5.11. The minimum atomic E-state index is 0.483. The van der Waals surface area contributed by atoms with Crippen molar-refractivity contribution in [2.45, 2.75) is 50.0 Å². The maximum absolute atomic E-state index is 5.11. The average molecular weight is 246 g/mol. The second kappa shape index (κ2) is 4.88. The van der Waals surface area contributed by atoms with Crippen LogP contribution in [0.4, 0.5) is 0 Å². The Morgan fingerprint density at radius 2 is 2.11 bits per heavy atom. The second-order valence-electron chi connectivity index (χ2n) is 5.72. The van der Waals surface area contributed by atoms with Gasteiger partial charge in [0.25, 0.3) is 0 Å². The fraction of sp³-hybridized carbons (Fsp3) is 0.667. The predicted octanol–water partition coefficient (Wildman–Crippen LogP) is 2.87. The quantitative estimate of drug-likeness (QED) is 0.871. The van der Waals surface area contributed by atoms with Gasteiger partial charge in [-0.3, -0.25) is 0 Å². The predicted molar refractivity (Wildman–Crippen MR) is 72.0 cm³/mol. The summed E-state index contributed by atoms with van der Waals surface area (Å²) < 4.78 is 5.11. The molecule has 1 saturated heterocycles. The normalized spacial score (nSPS) is 31.7. The van der Waals surface area contributed by atoms with Gasteiger partial charge in [-0.1, -0.05) is 6.07 Å². The maximum Gasteiger partial charge on any atom is 0.212 e. The molecule has 0 atom stereocenters. The molecule has 98 valence electrons. The zero-order chi connectivity index (χ0) is 12.4. The zero-order valence-electron chi connectivity index (χ0n) is 11.1. The first-order chi connectivity index (χ1) is 8.81. The van der Waals surface area contributed by atoms with Gasteiger partial charge >= 0.3 is 0 Å². The van der Waals surface area contributed by atoms with Crippen molar-refractivity contribution >= 4 is 0 Å². The lowest BCUT2D eigenvalue weighted by atomic mass is 9.74. The van der Waals surface area contributed by atoms with Crippen LogP contribution in [0.25, 0.3) is 0 Å². The number of aromatic nitrogens is 1. The summed E-state index contributed by atoms with van der Waals surface area (Å²) in [6.07, 6.45) is 9.95. The molecule has 3 heteroatoms. The minimum Gasteiger partial charge on any atom is -0.481 e. The molecule has 0 unspecified atom stereocenters. The Bertz CT molecular complexity index is 385. The molecule has 2 heterocycles. The van der Waals surface area contributed by atoms with Gasteiger partial charge in [0.15, 0.2) is 0 Å². The van der Waals surface area contributed by atoms with Crippen LogP contribution in [0.5, 0.6) is 5.88 Å². The number of rotatable bonds is 2. The molecule has 1 aromatic heterocycles. The zero-order valence-corrected chi connectivity index (χ0v) is 11.1. The van der Waals surface area contributed by atoms with E-state index in [1.165, 1.54) is 50.6 Å². The molecule has 0 bridgehead atoms. The lowest BCUT2D eigenvalue weighted by molar-refractivity contribution is 0.244. The smallest absolute Gasteiger partial charge is 0.212 e. The van der Waals surface area contributed by atoms with E-state index >= 15 is 0 Å². The highest BCUT2D eigenvalue weighted by Crippen LogP contribution is 2.41. The third-order valence-electron chi connectivity index (χ3n) is 4.71. The third-order valence-corrected chi connectivity index (χ3v) is 4.71. The van der Waals surface area contributed by atoms with E-state index in [9.17, 15) is 0 Å². The number of ether oxygens (including phenoxy) is 1. The Hall–Kier alpha value is -1.09. The SMILES string of the molecule is COc1ccc(C2CCC3(CCCN3)CC2)cn1. The third kappa shape index (κ3) is 2.24. The van der Waals surface area contributed by atoms with Crippen LogP contribution in [-0.2, 0) is 0 Å². The molecular formula is C15H22N2O. The number of pyridine rings is 1. The Balaban J connectivity index is 1.64. The number of hydrogen-bond donors (Lipinski definition) is 1. The van der Waals surface area contributed by atoms with Crippen LogP contribution in [0.1, 0.15) is 50.0 Å². The summed E-state index contributed by atoms with van der Waals surface area (Å²) in [5.41, 5.74) is 1.86. The highest BCUT2D eigenvalue weighted by atomic mass is 16.5. The molecule has 1 spiro atoms. The molecule has 18 heavy (non-hydrogen) atoms. The molecule has 2 aliphatic rings. The van der Waals surface area contributed by atoms with Crippen LogP contribution in [0.2, 0.25) is 0 Å². The molecule has 2 fully saturated rings. The van der Waals surface area contributed by atoms with Crippen LogP contribution < -0.4 is 10.1 Å². The van der Waals surface area contributed by atoms with Crippen LogP contribution in [0, 0.1) is 0 Å². The summed E-state index contributed by atoms with van der Waals surface area (Å²) in [6, 6.07) is 4.16. The molecule has 0 amide bonds. The molecule has 1 aromatic rings. The summed E-state index contributed by atoms with van der Waals surface area (Å²) in [5, 5.41) is 3.73. The minimum absolute atomic E-state index is 0.483. The number of methoxy groups -OCH3 is 1.